The molecule has 0 bridgehead atoms. The lowest BCUT2D eigenvalue weighted by Gasteiger charge is -2.13. The highest BCUT2D eigenvalue weighted by atomic mass is 16.5. The highest BCUT2D eigenvalue weighted by Crippen LogP contribution is 2.40. The average molecular weight is 339 g/mol. The van der Waals surface area contributed by atoms with Gasteiger partial charge in [0.25, 0.3) is 5.91 Å². The topological polar surface area (TPSA) is 108 Å². The first kappa shape index (κ1) is 15.4. The number of carboxylic acid groups (broad SMARTS) is 1. The Balaban J connectivity index is 1.50. The van der Waals surface area contributed by atoms with E-state index in [4.69, 9.17) is 4.52 Å². The van der Waals surface area contributed by atoms with Gasteiger partial charge in [-0.15, -0.1) is 0 Å². The fourth-order valence-corrected chi connectivity index (χ4v) is 2.91. The Kier molecular flexibility index (Phi) is 3.76. The number of carbonyl (C=O) groups is 2. The summed E-state index contributed by atoms with van der Waals surface area (Å²) in [6, 6.07) is 8.18. The molecule has 1 fully saturated rings. The molecule has 0 unspecified atom stereocenters. The Morgan fingerprint density at radius 2 is 2.16 bits per heavy atom. The highest BCUT2D eigenvalue weighted by Gasteiger charge is 2.30. The van der Waals surface area contributed by atoms with E-state index in [0.29, 0.717) is 11.7 Å². The maximum atomic E-state index is 12.3. The molecule has 25 heavy (non-hydrogen) atoms. The molecule has 0 aliphatic heterocycles. The fraction of sp³-hybridized carbons (Fsp3) is 0.278. The van der Waals surface area contributed by atoms with Crippen LogP contribution in [0.3, 0.4) is 0 Å². The van der Waals surface area contributed by atoms with E-state index in [1.807, 2.05) is 24.3 Å². The Morgan fingerprint density at radius 3 is 2.92 bits per heavy atom. The van der Waals surface area contributed by atoms with E-state index < -0.39 is 17.9 Å². The van der Waals surface area contributed by atoms with Gasteiger partial charge in [0.2, 0.25) is 0 Å². The molecule has 2 aromatic heterocycles. The summed E-state index contributed by atoms with van der Waals surface area (Å²) in [4.78, 5) is 27.0. The number of nitrogens with one attached hydrogen (secondary N) is 2. The van der Waals surface area contributed by atoms with Crippen LogP contribution in [0, 0.1) is 0 Å². The van der Waals surface area contributed by atoms with E-state index in [-0.39, 0.29) is 12.1 Å². The van der Waals surface area contributed by atoms with Crippen molar-refractivity contribution in [1.29, 1.82) is 0 Å². The second kappa shape index (κ2) is 6.08. The van der Waals surface area contributed by atoms with Gasteiger partial charge in [0.15, 0.2) is 5.69 Å². The largest absolute Gasteiger partial charge is 0.480 e. The molecule has 1 atom stereocenters. The molecule has 1 saturated carbocycles. The minimum atomic E-state index is -1.09. The third kappa shape index (κ3) is 3.13. The monoisotopic (exact) mass is 339 g/mol. The number of aromatic nitrogens is 2. The summed E-state index contributed by atoms with van der Waals surface area (Å²) in [7, 11) is 0. The Labute approximate surface area is 143 Å². The molecule has 1 amide bonds. The lowest BCUT2D eigenvalue weighted by molar-refractivity contribution is -0.139. The SMILES string of the molecule is O=C(N[C@@H](Cc1c[nH]c2ccccc12)C(=O)O)c1cc(C2CC2)on1. The van der Waals surface area contributed by atoms with Gasteiger partial charge in [0.05, 0.1) is 0 Å². The number of aromatic amines is 1. The van der Waals surface area contributed by atoms with E-state index in [0.717, 1.165) is 29.3 Å². The first-order valence-electron chi connectivity index (χ1n) is 8.17. The lowest BCUT2D eigenvalue weighted by Crippen LogP contribution is -2.42. The summed E-state index contributed by atoms with van der Waals surface area (Å²) in [5.41, 5.74) is 1.88. The molecule has 1 aliphatic rings. The van der Waals surface area contributed by atoms with Gasteiger partial charge in [-0.3, -0.25) is 4.79 Å². The molecule has 0 saturated heterocycles. The third-order valence-corrected chi connectivity index (χ3v) is 4.44. The number of H-pyrrole nitrogens is 1. The number of benzene rings is 1. The number of carbonyl (C=O) groups excluding carboxylic acids is 1. The summed E-state index contributed by atoms with van der Waals surface area (Å²) in [6.07, 6.45) is 4.02. The molecule has 3 N–H and O–H groups in total. The van der Waals surface area contributed by atoms with E-state index in [1.165, 1.54) is 0 Å². The van der Waals surface area contributed by atoms with Crippen LogP contribution >= 0.6 is 0 Å². The van der Waals surface area contributed by atoms with Crippen LogP contribution in [-0.4, -0.2) is 33.2 Å². The first-order chi connectivity index (χ1) is 12.1. The number of para-hydroxylation sites is 1. The maximum Gasteiger partial charge on any atom is 0.326 e. The Bertz CT molecular complexity index is 939. The average Bonchev–Trinajstić information content (AvgIpc) is 3.19. The van der Waals surface area contributed by atoms with Crippen molar-refractivity contribution in [1.82, 2.24) is 15.5 Å². The van der Waals surface area contributed by atoms with E-state index in [9.17, 15) is 14.7 Å². The number of aliphatic carboxylic acids is 1. The van der Waals surface area contributed by atoms with Crippen molar-refractivity contribution in [3.63, 3.8) is 0 Å². The van der Waals surface area contributed by atoms with Crippen molar-refractivity contribution < 1.29 is 19.2 Å². The Hall–Kier alpha value is -3.09. The second-order valence-electron chi connectivity index (χ2n) is 6.32. The first-order valence-corrected chi connectivity index (χ1v) is 8.17. The third-order valence-electron chi connectivity index (χ3n) is 4.44. The van der Waals surface area contributed by atoms with Crippen molar-refractivity contribution in [3.8, 4) is 0 Å². The number of hydrogen-bond acceptors (Lipinski definition) is 4. The van der Waals surface area contributed by atoms with Crippen LogP contribution in [0.5, 0.6) is 0 Å². The zero-order chi connectivity index (χ0) is 17.4. The van der Waals surface area contributed by atoms with Crippen LogP contribution in [0.4, 0.5) is 0 Å². The number of carboxylic acids is 1. The van der Waals surface area contributed by atoms with Crippen molar-refractivity contribution in [2.24, 2.45) is 0 Å². The quantitative estimate of drug-likeness (QED) is 0.639. The van der Waals surface area contributed by atoms with Gasteiger partial charge in [-0.25, -0.2) is 4.79 Å². The van der Waals surface area contributed by atoms with Gasteiger partial charge < -0.3 is 19.9 Å². The predicted octanol–water partition coefficient (Wildman–Crippen LogP) is 2.46. The summed E-state index contributed by atoms with van der Waals surface area (Å²) in [5, 5.41) is 16.7. The molecule has 4 rings (SSSR count). The number of rotatable bonds is 6. The molecule has 1 aromatic carbocycles. The summed E-state index contributed by atoms with van der Waals surface area (Å²) in [6.45, 7) is 0. The number of fused-ring (bicyclic) bond motifs is 1. The summed E-state index contributed by atoms with van der Waals surface area (Å²) >= 11 is 0. The van der Waals surface area contributed by atoms with Gasteiger partial charge in [0.1, 0.15) is 11.8 Å². The van der Waals surface area contributed by atoms with Crippen LogP contribution in [0.15, 0.2) is 41.1 Å². The van der Waals surface area contributed by atoms with Crippen molar-refractivity contribution >= 4 is 22.8 Å². The molecule has 128 valence electrons. The van der Waals surface area contributed by atoms with Crippen molar-refractivity contribution in [3.05, 3.63) is 53.5 Å². The standard InChI is InChI=1S/C18H17N3O4/c22-17(14-8-16(25-21-14)10-5-6-10)20-15(18(23)24)7-11-9-19-13-4-2-1-3-12(11)13/h1-4,8-10,15,19H,5-7H2,(H,20,22)(H,23,24)/t15-/m0/s1. The second-order valence-corrected chi connectivity index (χ2v) is 6.32. The fourth-order valence-electron chi connectivity index (χ4n) is 2.91. The van der Waals surface area contributed by atoms with Gasteiger partial charge in [-0.1, -0.05) is 23.4 Å². The van der Waals surface area contributed by atoms with Crippen LogP contribution in [0.2, 0.25) is 0 Å². The molecule has 0 spiro atoms. The molecule has 0 radical (unpaired) electrons. The van der Waals surface area contributed by atoms with E-state index in [1.54, 1.807) is 12.3 Å². The van der Waals surface area contributed by atoms with Gasteiger partial charge in [-0.05, 0) is 24.5 Å². The number of amides is 1. The molecular weight excluding hydrogens is 322 g/mol. The molecule has 7 heteroatoms. The predicted molar refractivity (Wildman–Crippen MR) is 89.4 cm³/mol. The highest BCUT2D eigenvalue weighted by molar-refractivity contribution is 5.95. The van der Waals surface area contributed by atoms with Crippen LogP contribution < -0.4 is 5.32 Å². The van der Waals surface area contributed by atoms with Crippen LogP contribution in [-0.2, 0) is 11.2 Å². The zero-order valence-electron chi connectivity index (χ0n) is 13.4. The van der Waals surface area contributed by atoms with Crippen LogP contribution in [0.25, 0.3) is 10.9 Å². The maximum absolute atomic E-state index is 12.3. The smallest absolute Gasteiger partial charge is 0.326 e. The molecular formula is C18H17N3O4. The summed E-state index contributed by atoms with van der Waals surface area (Å²) < 4.78 is 5.15. The van der Waals surface area contributed by atoms with E-state index >= 15 is 0 Å². The molecule has 3 aromatic rings. The summed E-state index contributed by atoms with van der Waals surface area (Å²) in [5.74, 6) is -0.600. The molecule has 1 aliphatic carbocycles. The van der Waals surface area contributed by atoms with E-state index in [2.05, 4.69) is 15.5 Å². The molecule has 2 heterocycles. The normalized spacial score (nSPS) is 15.2. The van der Waals surface area contributed by atoms with Crippen LogP contribution in [0.1, 0.15) is 40.6 Å². The van der Waals surface area contributed by atoms with Crippen molar-refractivity contribution in [2.45, 2.75) is 31.2 Å². The Morgan fingerprint density at radius 1 is 1.36 bits per heavy atom. The number of nitrogens with zero attached hydrogens (tertiary/aromatic N) is 1. The lowest BCUT2D eigenvalue weighted by atomic mass is 10.0. The number of hydrogen-bond donors (Lipinski definition) is 3. The van der Waals surface area contributed by atoms with Gasteiger partial charge >= 0.3 is 5.97 Å². The van der Waals surface area contributed by atoms with Crippen molar-refractivity contribution in [2.75, 3.05) is 0 Å². The van der Waals surface area contributed by atoms with Gasteiger partial charge in [0, 0.05) is 35.5 Å². The minimum absolute atomic E-state index is 0.118. The minimum Gasteiger partial charge on any atom is -0.480 e. The zero-order valence-corrected chi connectivity index (χ0v) is 13.4. The molecule has 7 nitrogen and oxygen atoms in total. The van der Waals surface area contributed by atoms with Gasteiger partial charge in [-0.2, -0.15) is 0 Å².